The fraction of sp³-hybridized carbons (Fsp3) is 0.304. The molecule has 0 spiro atoms. The van der Waals surface area contributed by atoms with Crippen LogP contribution in [-0.4, -0.2) is 48.9 Å². The molecule has 180 valence electrons. The lowest BCUT2D eigenvalue weighted by atomic mass is 10.2. The van der Waals surface area contributed by atoms with Gasteiger partial charge in [-0.1, -0.05) is 23.8 Å². The molecule has 0 saturated carbocycles. The van der Waals surface area contributed by atoms with E-state index in [0.29, 0.717) is 36.6 Å². The molecule has 1 aliphatic heterocycles. The molecule has 0 atom stereocenters. The molecule has 2 heterocycles. The molecule has 1 fully saturated rings. The zero-order chi connectivity index (χ0) is 24.5. The van der Waals surface area contributed by atoms with E-state index in [1.54, 1.807) is 13.0 Å². The van der Waals surface area contributed by atoms with Crippen LogP contribution in [0.15, 0.2) is 59.5 Å². The maximum absolute atomic E-state index is 13.0. The lowest BCUT2D eigenvalue weighted by molar-refractivity contribution is -0.137. The summed E-state index contributed by atoms with van der Waals surface area (Å²) in [7, 11) is -4.05. The van der Waals surface area contributed by atoms with Gasteiger partial charge < -0.3 is 10.2 Å². The first kappa shape index (κ1) is 24.0. The second kappa shape index (κ2) is 9.22. The minimum Gasteiger partial charge on any atom is -0.354 e. The third kappa shape index (κ3) is 5.31. The van der Waals surface area contributed by atoms with E-state index in [2.05, 4.69) is 15.3 Å². The van der Waals surface area contributed by atoms with Gasteiger partial charge in [0.05, 0.1) is 10.5 Å². The molecule has 11 heteroatoms. The number of rotatable bonds is 5. The number of sulfonamides is 1. The molecule has 1 aliphatic rings. The van der Waals surface area contributed by atoms with Crippen LogP contribution in [0.1, 0.15) is 17.0 Å². The Labute approximate surface area is 196 Å². The first-order chi connectivity index (χ1) is 16.0. The average molecular weight is 492 g/mol. The van der Waals surface area contributed by atoms with Gasteiger partial charge in [-0.2, -0.15) is 17.5 Å². The second-order valence-electron chi connectivity index (χ2n) is 8.07. The maximum atomic E-state index is 13.0. The molecule has 3 aromatic rings. The number of aryl methyl sites for hydroxylation is 2. The van der Waals surface area contributed by atoms with Crippen LogP contribution in [0.25, 0.3) is 0 Å². The van der Waals surface area contributed by atoms with Crippen molar-refractivity contribution in [1.82, 2.24) is 14.3 Å². The van der Waals surface area contributed by atoms with Crippen LogP contribution >= 0.6 is 0 Å². The molecule has 2 aromatic carbocycles. The van der Waals surface area contributed by atoms with Gasteiger partial charge in [-0.05, 0) is 44.2 Å². The number of halogens is 3. The highest BCUT2D eigenvalue weighted by molar-refractivity contribution is 7.89. The van der Waals surface area contributed by atoms with Crippen molar-refractivity contribution in [3.63, 3.8) is 0 Å². The summed E-state index contributed by atoms with van der Waals surface area (Å²) in [5.74, 6) is 1.83. The van der Waals surface area contributed by atoms with Crippen LogP contribution in [0.5, 0.6) is 0 Å². The summed E-state index contributed by atoms with van der Waals surface area (Å²) in [6.07, 6.45) is -4.61. The first-order valence-corrected chi connectivity index (χ1v) is 12.1. The Bertz CT molecular complexity index is 1270. The molecule has 0 radical (unpaired) electrons. The quantitative estimate of drug-likeness (QED) is 0.571. The van der Waals surface area contributed by atoms with Crippen LogP contribution in [0.2, 0.25) is 0 Å². The molecule has 0 amide bonds. The van der Waals surface area contributed by atoms with E-state index in [1.807, 2.05) is 36.1 Å². The predicted octanol–water partition coefficient (Wildman–Crippen LogP) is 4.37. The molecule has 34 heavy (non-hydrogen) atoms. The normalized spacial score (nSPS) is 15.4. The number of hydrogen-bond donors (Lipinski definition) is 1. The molecular formula is C23H24F3N5O2S. The van der Waals surface area contributed by atoms with Gasteiger partial charge in [-0.15, -0.1) is 0 Å². The van der Waals surface area contributed by atoms with Crippen LogP contribution in [0.4, 0.5) is 30.5 Å². The van der Waals surface area contributed by atoms with Crippen molar-refractivity contribution >= 4 is 27.3 Å². The van der Waals surface area contributed by atoms with Crippen LogP contribution < -0.4 is 10.2 Å². The zero-order valence-electron chi connectivity index (χ0n) is 18.7. The van der Waals surface area contributed by atoms with Crippen molar-refractivity contribution in [2.75, 3.05) is 36.4 Å². The third-order valence-electron chi connectivity index (χ3n) is 5.51. The van der Waals surface area contributed by atoms with E-state index in [1.165, 1.54) is 10.4 Å². The summed E-state index contributed by atoms with van der Waals surface area (Å²) in [6, 6.07) is 13.5. The number of benzene rings is 2. The maximum Gasteiger partial charge on any atom is 0.416 e. The number of nitrogens with zero attached hydrogens (tertiary/aromatic N) is 4. The van der Waals surface area contributed by atoms with Crippen molar-refractivity contribution < 1.29 is 21.6 Å². The molecule has 0 bridgehead atoms. The molecule has 4 rings (SSSR count). The lowest BCUT2D eigenvalue weighted by Crippen LogP contribution is -2.49. The highest BCUT2D eigenvalue weighted by Crippen LogP contribution is 2.31. The summed E-state index contributed by atoms with van der Waals surface area (Å²) < 4.78 is 66.2. The highest BCUT2D eigenvalue weighted by Gasteiger charge is 2.34. The van der Waals surface area contributed by atoms with Gasteiger partial charge in [0.2, 0.25) is 10.0 Å². The number of piperazine rings is 1. The number of anilines is 3. The topological polar surface area (TPSA) is 78.4 Å². The molecule has 1 N–H and O–H groups in total. The molecule has 7 nitrogen and oxygen atoms in total. The van der Waals surface area contributed by atoms with E-state index in [0.717, 1.165) is 23.4 Å². The Morgan fingerprint density at radius 2 is 1.59 bits per heavy atom. The minimum atomic E-state index is -4.61. The smallest absolute Gasteiger partial charge is 0.354 e. The Morgan fingerprint density at radius 1 is 0.912 bits per heavy atom. The first-order valence-electron chi connectivity index (χ1n) is 10.6. The second-order valence-corrected chi connectivity index (χ2v) is 10.0. The van der Waals surface area contributed by atoms with Crippen LogP contribution in [-0.2, 0) is 16.2 Å². The van der Waals surface area contributed by atoms with E-state index in [-0.39, 0.29) is 18.0 Å². The summed E-state index contributed by atoms with van der Waals surface area (Å²) in [6.45, 7) is 4.73. The van der Waals surface area contributed by atoms with Crippen molar-refractivity contribution in [2.45, 2.75) is 24.9 Å². The minimum absolute atomic E-state index is 0.127. The van der Waals surface area contributed by atoms with E-state index >= 15 is 0 Å². The third-order valence-corrected chi connectivity index (χ3v) is 7.40. The van der Waals surface area contributed by atoms with Crippen molar-refractivity contribution in [3.8, 4) is 0 Å². The lowest BCUT2D eigenvalue weighted by Gasteiger charge is -2.35. The highest BCUT2D eigenvalue weighted by atomic mass is 32.2. The fourth-order valence-electron chi connectivity index (χ4n) is 3.70. The van der Waals surface area contributed by atoms with Gasteiger partial charge in [0.15, 0.2) is 0 Å². The molecular weight excluding hydrogens is 467 g/mol. The van der Waals surface area contributed by atoms with Gasteiger partial charge in [-0.3, -0.25) is 0 Å². The van der Waals surface area contributed by atoms with Crippen LogP contribution in [0, 0.1) is 13.8 Å². The summed E-state index contributed by atoms with van der Waals surface area (Å²) in [5, 5.41) is 3.25. The summed E-state index contributed by atoms with van der Waals surface area (Å²) in [4.78, 5) is 10.5. The number of hydrogen-bond acceptors (Lipinski definition) is 6. The molecule has 0 aliphatic carbocycles. The van der Waals surface area contributed by atoms with Gasteiger partial charge in [0.25, 0.3) is 0 Å². The van der Waals surface area contributed by atoms with E-state index in [9.17, 15) is 21.6 Å². The number of aromatic nitrogens is 2. The summed E-state index contributed by atoms with van der Waals surface area (Å²) in [5.41, 5.74) is 1.03. The largest absolute Gasteiger partial charge is 0.416 e. The van der Waals surface area contributed by atoms with Crippen LogP contribution in [0.3, 0.4) is 0 Å². The average Bonchev–Trinajstić information content (AvgIpc) is 2.80. The van der Waals surface area contributed by atoms with Gasteiger partial charge in [-0.25, -0.2) is 18.4 Å². The molecule has 1 saturated heterocycles. The number of alkyl halides is 3. The van der Waals surface area contributed by atoms with E-state index in [4.69, 9.17) is 0 Å². The zero-order valence-corrected chi connectivity index (χ0v) is 19.5. The van der Waals surface area contributed by atoms with Gasteiger partial charge in [0, 0.05) is 37.9 Å². The Hall–Kier alpha value is -3.18. The van der Waals surface area contributed by atoms with E-state index < -0.39 is 21.8 Å². The standard InChI is InChI=1S/C23H24F3N5O2S/c1-16-6-8-19(9-7-16)29-21-15-22(28-17(2)27-21)30-10-12-31(13-11-30)34(32,33)20-5-3-4-18(14-20)23(24,25)26/h3-9,14-15H,10-13H2,1-2H3,(H,27,28,29). The van der Waals surface area contributed by atoms with Crippen molar-refractivity contribution in [3.05, 3.63) is 71.5 Å². The Morgan fingerprint density at radius 3 is 2.24 bits per heavy atom. The van der Waals surface area contributed by atoms with Gasteiger partial charge >= 0.3 is 6.18 Å². The fourth-order valence-corrected chi connectivity index (χ4v) is 5.17. The molecule has 0 unspecified atom stereocenters. The predicted molar refractivity (Wildman–Crippen MR) is 124 cm³/mol. The number of nitrogens with one attached hydrogen (secondary N) is 1. The summed E-state index contributed by atoms with van der Waals surface area (Å²) >= 11 is 0. The van der Waals surface area contributed by atoms with Crippen molar-refractivity contribution in [1.29, 1.82) is 0 Å². The Kier molecular flexibility index (Phi) is 6.50. The Balaban J connectivity index is 1.47. The molecule has 1 aromatic heterocycles. The van der Waals surface area contributed by atoms with Gasteiger partial charge in [0.1, 0.15) is 17.5 Å². The monoisotopic (exact) mass is 491 g/mol. The van der Waals surface area contributed by atoms with Crippen molar-refractivity contribution in [2.24, 2.45) is 0 Å². The SMILES string of the molecule is Cc1ccc(Nc2cc(N3CCN(S(=O)(=O)c4cccc(C(F)(F)F)c4)CC3)nc(C)n2)cc1.